The molecule has 22 heavy (non-hydrogen) atoms. The molecular formula is C14H10ClFN4OS. The van der Waals surface area contributed by atoms with Crippen LogP contribution in [0, 0.1) is 5.82 Å². The van der Waals surface area contributed by atoms with Gasteiger partial charge in [0.05, 0.1) is 31.6 Å². The van der Waals surface area contributed by atoms with E-state index in [0.29, 0.717) is 20.7 Å². The first-order chi connectivity index (χ1) is 10.5. The Kier molecular flexibility index (Phi) is 3.67. The van der Waals surface area contributed by atoms with Crippen LogP contribution in [-0.4, -0.2) is 14.2 Å². The van der Waals surface area contributed by atoms with Gasteiger partial charge in [-0.25, -0.2) is 13.6 Å². The highest BCUT2D eigenvalue weighted by Gasteiger charge is 2.17. The Morgan fingerprint density at radius 1 is 1.05 bits per heavy atom. The van der Waals surface area contributed by atoms with Gasteiger partial charge in [0.2, 0.25) is 5.95 Å². The fourth-order valence-corrected chi connectivity index (χ4v) is 3.60. The molecule has 1 atom stereocenters. The number of hydrogen-bond donors (Lipinski definition) is 2. The maximum atomic E-state index is 13.0. The maximum absolute atomic E-state index is 13.0. The topological polar surface area (TPSA) is 94.9 Å². The van der Waals surface area contributed by atoms with Crippen LogP contribution in [0.4, 0.5) is 16.2 Å². The molecule has 1 aromatic heterocycles. The van der Waals surface area contributed by atoms with Crippen molar-refractivity contribution in [1.82, 2.24) is 9.97 Å². The zero-order valence-corrected chi connectivity index (χ0v) is 12.7. The summed E-state index contributed by atoms with van der Waals surface area (Å²) in [5.74, 6) is -0.252. The lowest BCUT2D eigenvalue weighted by Gasteiger charge is -2.09. The van der Waals surface area contributed by atoms with Crippen molar-refractivity contribution in [3.63, 3.8) is 0 Å². The summed E-state index contributed by atoms with van der Waals surface area (Å²) in [5.41, 5.74) is 11.8. The molecule has 0 saturated carbocycles. The van der Waals surface area contributed by atoms with E-state index in [1.54, 1.807) is 12.1 Å². The Balaban J connectivity index is 2.17. The van der Waals surface area contributed by atoms with Crippen molar-refractivity contribution in [1.29, 1.82) is 0 Å². The van der Waals surface area contributed by atoms with Gasteiger partial charge in [-0.2, -0.15) is 4.98 Å². The van der Waals surface area contributed by atoms with Crippen LogP contribution in [0.2, 0.25) is 5.02 Å². The highest BCUT2D eigenvalue weighted by molar-refractivity contribution is 7.85. The predicted octanol–water partition coefficient (Wildman–Crippen LogP) is 2.75. The van der Waals surface area contributed by atoms with Crippen molar-refractivity contribution < 1.29 is 8.60 Å². The van der Waals surface area contributed by atoms with Gasteiger partial charge in [-0.3, -0.25) is 0 Å². The summed E-state index contributed by atoms with van der Waals surface area (Å²) in [6.45, 7) is 0. The summed E-state index contributed by atoms with van der Waals surface area (Å²) in [4.78, 5) is 8.67. The van der Waals surface area contributed by atoms with E-state index in [-0.39, 0.29) is 16.8 Å². The summed E-state index contributed by atoms with van der Waals surface area (Å²) in [5, 5.41) is 0.585. The van der Waals surface area contributed by atoms with Gasteiger partial charge in [0.25, 0.3) is 0 Å². The van der Waals surface area contributed by atoms with Gasteiger partial charge in [0.15, 0.2) is 0 Å². The SMILES string of the molecule is Nc1nc(N)c2c(Cl)c(S(=O)c3ccc(F)cc3)ccc2n1. The van der Waals surface area contributed by atoms with E-state index in [1.165, 1.54) is 24.3 Å². The van der Waals surface area contributed by atoms with Crippen molar-refractivity contribution in [3.05, 3.63) is 47.2 Å². The van der Waals surface area contributed by atoms with Crippen LogP contribution >= 0.6 is 11.6 Å². The lowest BCUT2D eigenvalue weighted by molar-refractivity contribution is 0.626. The molecule has 0 bridgehead atoms. The molecule has 112 valence electrons. The van der Waals surface area contributed by atoms with Gasteiger partial charge >= 0.3 is 0 Å². The fraction of sp³-hybridized carbons (Fsp3) is 0. The highest BCUT2D eigenvalue weighted by atomic mass is 35.5. The molecule has 5 nitrogen and oxygen atoms in total. The van der Waals surface area contributed by atoms with Crippen molar-refractivity contribution in [2.24, 2.45) is 0 Å². The quantitative estimate of drug-likeness (QED) is 0.750. The Hall–Kier alpha value is -2.25. The first-order valence-corrected chi connectivity index (χ1v) is 7.68. The first kappa shape index (κ1) is 14.7. The van der Waals surface area contributed by atoms with Gasteiger partial charge in [-0.15, -0.1) is 0 Å². The van der Waals surface area contributed by atoms with Crippen LogP contribution in [0.25, 0.3) is 10.9 Å². The number of hydrogen-bond acceptors (Lipinski definition) is 5. The number of rotatable bonds is 2. The summed E-state index contributed by atoms with van der Waals surface area (Å²) >= 11 is 6.31. The third kappa shape index (κ3) is 2.49. The van der Waals surface area contributed by atoms with Gasteiger partial charge in [-0.1, -0.05) is 11.6 Å². The van der Waals surface area contributed by atoms with E-state index < -0.39 is 16.6 Å². The number of nitrogens with two attached hydrogens (primary N) is 2. The van der Waals surface area contributed by atoms with E-state index in [4.69, 9.17) is 23.1 Å². The summed E-state index contributed by atoms with van der Waals surface area (Å²) < 4.78 is 25.6. The zero-order chi connectivity index (χ0) is 15.9. The number of anilines is 2. The fourth-order valence-electron chi connectivity index (χ4n) is 2.04. The molecule has 0 fully saturated rings. The highest BCUT2D eigenvalue weighted by Crippen LogP contribution is 2.33. The van der Waals surface area contributed by atoms with Crippen molar-refractivity contribution in [2.75, 3.05) is 11.5 Å². The minimum absolute atomic E-state index is 0.0356. The predicted molar refractivity (Wildman–Crippen MR) is 84.4 cm³/mol. The van der Waals surface area contributed by atoms with E-state index in [0.717, 1.165) is 0 Å². The molecule has 2 aromatic carbocycles. The minimum atomic E-state index is -1.58. The Morgan fingerprint density at radius 3 is 2.41 bits per heavy atom. The molecule has 0 saturated heterocycles. The molecule has 0 aliphatic rings. The van der Waals surface area contributed by atoms with Crippen molar-refractivity contribution in [3.8, 4) is 0 Å². The molecule has 0 radical (unpaired) electrons. The Morgan fingerprint density at radius 2 is 1.73 bits per heavy atom. The van der Waals surface area contributed by atoms with E-state index in [2.05, 4.69) is 9.97 Å². The molecule has 4 N–H and O–H groups in total. The van der Waals surface area contributed by atoms with Gasteiger partial charge < -0.3 is 11.5 Å². The largest absolute Gasteiger partial charge is 0.383 e. The summed E-state index contributed by atoms with van der Waals surface area (Å²) in [6.07, 6.45) is 0. The third-order valence-corrected chi connectivity index (χ3v) is 4.98. The molecule has 0 aliphatic carbocycles. The van der Waals surface area contributed by atoms with Crippen LogP contribution in [0.3, 0.4) is 0 Å². The summed E-state index contributed by atoms with van der Waals surface area (Å²) in [6, 6.07) is 8.55. The molecule has 1 unspecified atom stereocenters. The number of nitrogen functional groups attached to an aromatic ring is 2. The molecule has 0 amide bonds. The monoisotopic (exact) mass is 336 g/mol. The molecule has 3 rings (SSSR count). The van der Waals surface area contributed by atoms with E-state index >= 15 is 0 Å². The lowest BCUT2D eigenvalue weighted by Crippen LogP contribution is -2.02. The molecule has 0 aliphatic heterocycles. The van der Waals surface area contributed by atoms with E-state index in [9.17, 15) is 8.60 Å². The van der Waals surface area contributed by atoms with Crippen LogP contribution in [0.5, 0.6) is 0 Å². The van der Waals surface area contributed by atoms with Crippen LogP contribution in [0.1, 0.15) is 0 Å². The molecular weight excluding hydrogens is 327 g/mol. The lowest BCUT2D eigenvalue weighted by atomic mass is 10.2. The van der Waals surface area contributed by atoms with Crippen molar-refractivity contribution in [2.45, 2.75) is 9.79 Å². The summed E-state index contributed by atoms with van der Waals surface area (Å²) in [7, 11) is -1.58. The van der Waals surface area contributed by atoms with Gasteiger partial charge in [-0.05, 0) is 36.4 Å². The molecule has 1 heterocycles. The maximum Gasteiger partial charge on any atom is 0.222 e. The van der Waals surface area contributed by atoms with Crippen LogP contribution in [-0.2, 0) is 10.8 Å². The number of fused-ring (bicyclic) bond motifs is 1. The number of benzene rings is 2. The number of aromatic nitrogens is 2. The number of nitrogens with zero attached hydrogens (tertiary/aromatic N) is 2. The second kappa shape index (κ2) is 5.51. The first-order valence-electron chi connectivity index (χ1n) is 6.16. The van der Waals surface area contributed by atoms with Gasteiger partial charge in [0, 0.05) is 4.90 Å². The van der Waals surface area contributed by atoms with Gasteiger partial charge in [0.1, 0.15) is 11.6 Å². The second-order valence-electron chi connectivity index (χ2n) is 4.46. The molecule has 3 aromatic rings. The van der Waals surface area contributed by atoms with Crippen LogP contribution < -0.4 is 11.5 Å². The normalized spacial score (nSPS) is 12.5. The Bertz CT molecular complexity index is 901. The zero-order valence-electron chi connectivity index (χ0n) is 11.1. The third-order valence-electron chi connectivity index (χ3n) is 3.04. The van der Waals surface area contributed by atoms with E-state index in [1.807, 2.05) is 0 Å². The standard InChI is InChI=1S/C14H10ClFN4OS/c15-12-10(22(21)8-3-1-7(16)2-4-8)6-5-9-11(12)13(17)20-14(18)19-9/h1-6H,(H4,17,18,19,20). The number of halogens is 2. The smallest absolute Gasteiger partial charge is 0.222 e. The van der Waals surface area contributed by atoms with Crippen LogP contribution in [0.15, 0.2) is 46.2 Å². The molecule has 0 spiro atoms. The minimum Gasteiger partial charge on any atom is -0.383 e. The second-order valence-corrected chi connectivity index (χ2v) is 6.29. The average Bonchev–Trinajstić information content (AvgIpc) is 2.47. The Labute approximate surface area is 132 Å². The van der Waals surface area contributed by atoms with Crippen molar-refractivity contribution >= 4 is 45.1 Å². The average molecular weight is 337 g/mol. The molecule has 8 heteroatoms.